The van der Waals surface area contributed by atoms with Crippen molar-refractivity contribution in [3.05, 3.63) is 107 Å². The standard InChI is InChI=1S/C23H16N2O5/c26-20(16-11-5-2-6-12-16)24-19(15-9-3-1-4-10-15)23(29)30-25-21(27)17-13-7-8-14-18(17)22(25)28/h1-14,19H,(H,24,26). The number of hydroxylamine groups is 2. The van der Waals surface area contributed by atoms with E-state index in [1.54, 1.807) is 72.8 Å². The second kappa shape index (κ2) is 8.00. The summed E-state index contributed by atoms with van der Waals surface area (Å²) in [5.41, 5.74) is 1.11. The van der Waals surface area contributed by atoms with Crippen molar-refractivity contribution in [3.63, 3.8) is 0 Å². The first-order valence-corrected chi connectivity index (χ1v) is 9.17. The largest absolute Gasteiger partial charge is 0.359 e. The first-order chi connectivity index (χ1) is 14.6. The SMILES string of the molecule is O=C(NC(C(=O)ON1C(=O)c2ccccc2C1=O)c1ccccc1)c1ccccc1. The fourth-order valence-electron chi connectivity index (χ4n) is 3.12. The molecule has 1 aliphatic heterocycles. The summed E-state index contributed by atoms with van der Waals surface area (Å²) in [6, 6.07) is 21.8. The number of nitrogens with zero attached hydrogens (tertiary/aromatic N) is 1. The molecule has 0 bridgehead atoms. The number of amides is 3. The molecule has 7 nitrogen and oxygen atoms in total. The van der Waals surface area contributed by atoms with Gasteiger partial charge in [-0.1, -0.05) is 65.7 Å². The van der Waals surface area contributed by atoms with Crippen LogP contribution in [0.5, 0.6) is 0 Å². The summed E-state index contributed by atoms with van der Waals surface area (Å²) >= 11 is 0. The molecule has 1 N–H and O–H groups in total. The zero-order valence-corrected chi connectivity index (χ0v) is 15.6. The van der Waals surface area contributed by atoms with E-state index in [0.717, 1.165) is 0 Å². The van der Waals surface area contributed by atoms with E-state index in [1.807, 2.05) is 0 Å². The van der Waals surface area contributed by atoms with Gasteiger partial charge < -0.3 is 10.2 Å². The molecule has 7 heteroatoms. The van der Waals surface area contributed by atoms with Crippen LogP contribution in [-0.4, -0.2) is 28.8 Å². The maximum absolute atomic E-state index is 12.9. The van der Waals surface area contributed by atoms with Crippen molar-refractivity contribution in [1.29, 1.82) is 0 Å². The highest BCUT2D eigenvalue weighted by Crippen LogP contribution is 2.24. The van der Waals surface area contributed by atoms with Crippen LogP contribution < -0.4 is 5.32 Å². The number of carbonyl (C=O) groups excluding carboxylic acids is 4. The van der Waals surface area contributed by atoms with E-state index in [9.17, 15) is 19.2 Å². The van der Waals surface area contributed by atoms with Crippen molar-refractivity contribution < 1.29 is 24.0 Å². The Kier molecular flexibility index (Phi) is 5.09. The second-order valence-corrected chi connectivity index (χ2v) is 6.54. The molecule has 0 fully saturated rings. The van der Waals surface area contributed by atoms with Crippen LogP contribution in [0.4, 0.5) is 0 Å². The van der Waals surface area contributed by atoms with Gasteiger partial charge in [-0.25, -0.2) is 4.79 Å². The average molecular weight is 400 g/mol. The fraction of sp³-hybridized carbons (Fsp3) is 0.0435. The molecule has 30 heavy (non-hydrogen) atoms. The van der Waals surface area contributed by atoms with Crippen LogP contribution in [0.2, 0.25) is 0 Å². The van der Waals surface area contributed by atoms with Crippen LogP contribution >= 0.6 is 0 Å². The molecular formula is C23H16N2O5. The Hall–Kier alpha value is -4.26. The lowest BCUT2D eigenvalue weighted by molar-refractivity contribution is -0.171. The third-order valence-corrected chi connectivity index (χ3v) is 4.62. The van der Waals surface area contributed by atoms with Crippen molar-refractivity contribution in [2.24, 2.45) is 0 Å². The molecule has 4 rings (SSSR count). The van der Waals surface area contributed by atoms with E-state index >= 15 is 0 Å². The molecule has 3 aromatic rings. The maximum atomic E-state index is 12.9. The Morgan fingerprint density at radius 1 is 0.733 bits per heavy atom. The number of nitrogens with one attached hydrogen (secondary N) is 1. The molecule has 0 aliphatic carbocycles. The van der Waals surface area contributed by atoms with Gasteiger partial charge >= 0.3 is 5.97 Å². The third kappa shape index (κ3) is 3.56. The van der Waals surface area contributed by atoms with Gasteiger partial charge in [0, 0.05) is 5.56 Å². The van der Waals surface area contributed by atoms with E-state index in [4.69, 9.17) is 4.84 Å². The highest BCUT2D eigenvalue weighted by atomic mass is 16.7. The smallest absolute Gasteiger partial charge is 0.335 e. The summed E-state index contributed by atoms with van der Waals surface area (Å²) in [6.07, 6.45) is 0. The van der Waals surface area contributed by atoms with E-state index < -0.39 is 29.7 Å². The highest BCUT2D eigenvalue weighted by Gasteiger charge is 2.40. The van der Waals surface area contributed by atoms with Crippen LogP contribution in [0.25, 0.3) is 0 Å². The summed E-state index contributed by atoms with van der Waals surface area (Å²) in [7, 11) is 0. The third-order valence-electron chi connectivity index (χ3n) is 4.62. The summed E-state index contributed by atoms with van der Waals surface area (Å²) < 4.78 is 0. The lowest BCUT2D eigenvalue weighted by Gasteiger charge is -2.20. The van der Waals surface area contributed by atoms with Crippen molar-refractivity contribution in [3.8, 4) is 0 Å². The normalized spacial score (nSPS) is 13.5. The van der Waals surface area contributed by atoms with Gasteiger partial charge in [-0.05, 0) is 29.8 Å². The molecule has 0 saturated carbocycles. The number of benzene rings is 3. The molecule has 0 aromatic heterocycles. The van der Waals surface area contributed by atoms with Gasteiger partial charge in [0.1, 0.15) is 0 Å². The molecule has 3 amide bonds. The van der Waals surface area contributed by atoms with Crippen molar-refractivity contribution in [2.75, 3.05) is 0 Å². The van der Waals surface area contributed by atoms with Gasteiger partial charge in [0.2, 0.25) is 0 Å². The minimum absolute atomic E-state index is 0.153. The van der Waals surface area contributed by atoms with Gasteiger partial charge in [-0.15, -0.1) is 0 Å². The number of hydrogen-bond acceptors (Lipinski definition) is 5. The molecular weight excluding hydrogens is 384 g/mol. The molecule has 0 saturated heterocycles. The Morgan fingerprint density at radius 2 is 1.23 bits per heavy atom. The summed E-state index contributed by atoms with van der Waals surface area (Å²) in [4.78, 5) is 55.7. The Balaban J connectivity index is 1.58. The molecule has 1 atom stereocenters. The summed E-state index contributed by atoms with van der Waals surface area (Å²) in [6.45, 7) is 0. The number of carbonyl (C=O) groups is 4. The molecule has 3 aromatic carbocycles. The van der Waals surface area contributed by atoms with Crippen molar-refractivity contribution in [2.45, 2.75) is 6.04 Å². The first-order valence-electron chi connectivity index (χ1n) is 9.17. The van der Waals surface area contributed by atoms with Crippen molar-refractivity contribution in [1.82, 2.24) is 10.4 Å². The van der Waals surface area contributed by atoms with Crippen LogP contribution in [0.1, 0.15) is 42.7 Å². The second-order valence-electron chi connectivity index (χ2n) is 6.54. The summed E-state index contributed by atoms with van der Waals surface area (Å²) in [5, 5.41) is 3.04. The Bertz CT molecular complexity index is 1090. The molecule has 1 aliphatic rings. The number of fused-ring (bicyclic) bond motifs is 1. The summed E-state index contributed by atoms with van der Waals surface area (Å²) in [5.74, 6) is -2.92. The van der Waals surface area contributed by atoms with E-state index in [2.05, 4.69) is 5.32 Å². The molecule has 1 heterocycles. The maximum Gasteiger partial charge on any atom is 0.359 e. The quantitative estimate of drug-likeness (QED) is 0.665. The van der Waals surface area contributed by atoms with Crippen LogP contribution in [-0.2, 0) is 9.63 Å². The molecule has 0 radical (unpaired) electrons. The van der Waals surface area contributed by atoms with Gasteiger partial charge in [0.25, 0.3) is 17.7 Å². The fourth-order valence-corrected chi connectivity index (χ4v) is 3.12. The average Bonchev–Trinajstić information content (AvgIpc) is 3.03. The topological polar surface area (TPSA) is 92.8 Å². The zero-order valence-electron chi connectivity index (χ0n) is 15.6. The van der Waals surface area contributed by atoms with Gasteiger partial charge in [0.15, 0.2) is 6.04 Å². The Morgan fingerprint density at radius 3 is 1.80 bits per heavy atom. The Labute approximate surface area is 171 Å². The minimum Gasteiger partial charge on any atom is -0.335 e. The molecule has 0 spiro atoms. The zero-order chi connectivity index (χ0) is 21.1. The lowest BCUT2D eigenvalue weighted by atomic mass is 10.1. The van der Waals surface area contributed by atoms with Crippen molar-refractivity contribution >= 4 is 23.7 Å². The minimum atomic E-state index is -1.22. The number of hydrogen-bond donors (Lipinski definition) is 1. The predicted octanol–water partition coefficient (Wildman–Crippen LogP) is 2.91. The van der Waals surface area contributed by atoms with Gasteiger partial charge in [0.05, 0.1) is 11.1 Å². The predicted molar refractivity (Wildman–Crippen MR) is 106 cm³/mol. The van der Waals surface area contributed by atoms with E-state index in [-0.39, 0.29) is 11.1 Å². The monoisotopic (exact) mass is 400 g/mol. The first kappa shape index (κ1) is 19.1. The highest BCUT2D eigenvalue weighted by molar-refractivity contribution is 6.21. The van der Waals surface area contributed by atoms with Gasteiger partial charge in [-0.3, -0.25) is 14.4 Å². The molecule has 1 unspecified atom stereocenters. The lowest BCUT2D eigenvalue weighted by Crippen LogP contribution is -2.40. The number of imide groups is 1. The van der Waals surface area contributed by atoms with Crippen LogP contribution in [0.15, 0.2) is 84.9 Å². The van der Waals surface area contributed by atoms with Crippen LogP contribution in [0.3, 0.4) is 0 Å². The van der Waals surface area contributed by atoms with E-state index in [1.165, 1.54) is 12.1 Å². The van der Waals surface area contributed by atoms with E-state index in [0.29, 0.717) is 16.2 Å². The number of rotatable bonds is 5. The van der Waals surface area contributed by atoms with Crippen LogP contribution in [0, 0.1) is 0 Å². The molecule has 148 valence electrons. The van der Waals surface area contributed by atoms with Gasteiger partial charge in [-0.2, -0.15) is 0 Å².